The van der Waals surface area contributed by atoms with E-state index in [-0.39, 0.29) is 11.8 Å². The van der Waals surface area contributed by atoms with Gasteiger partial charge < -0.3 is 4.57 Å². The number of benzene rings is 2. The number of amides is 2. The van der Waals surface area contributed by atoms with Gasteiger partial charge in [0.2, 0.25) is 0 Å². The summed E-state index contributed by atoms with van der Waals surface area (Å²) in [6.45, 7) is 0.320. The highest BCUT2D eigenvalue weighted by Crippen LogP contribution is 2.26. The molecule has 1 aliphatic rings. The van der Waals surface area contributed by atoms with Gasteiger partial charge in [-0.15, -0.1) is 10.2 Å². The van der Waals surface area contributed by atoms with Gasteiger partial charge in [-0.1, -0.05) is 35.5 Å². The lowest BCUT2D eigenvalue weighted by atomic mass is 10.1. The van der Waals surface area contributed by atoms with Crippen molar-refractivity contribution in [2.24, 2.45) is 7.05 Å². The van der Waals surface area contributed by atoms with E-state index in [2.05, 4.69) is 10.2 Å². The Morgan fingerprint density at radius 3 is 2.22 bits per heavy atom. The first-order chi connectivity index (χ1) is 13.1. The van der Waals surface area contributed by atoms with E-state index in [1.807, 2.05) is 23.7 Å². The number of thioether (sulfide) groups is 1. The summed E-state index contributed by atoms with van der Waals surface area (Å²) in [6, 6.07) is 14.3. The van der Waals surface area contributed by atoms with E-state index in [1.54, 1.807) is 36.4 Å². The molecule has 0 bridgehead atoms. The first-order valence-corrected chi connectivity index (χ1v) is 9.66. The highest BCUT2D eigenvalue weighted by Gasteiger charge is 2.34. The lowest BCUT2D eigenvalue weighted by Crippen LogP contribution is -2.31. The molecule has 2 aromatic carbocycles. The van der Waals surface area contributed by atoms with Crippen LogP contribution >= 0.6 is 23.4 Å². The topological polar surface area (TPSA) is 68.1 Å². The fourth-order valence-corrected chi connectivity index (χ4v) is 3.92. The van der Waals surface area contributed by atoms with Crippen molar-refractivity contribution in [3.8, 4) is 11.4 Å². The highest BCUT2D eigenvalue weighted by atomic mass is 35.5. The van der Waals surface area contributed by atoms with Crippen molar-refractivity contribution in [2.75, 3.05) is 12.3 Å². The van der Waals surface area contributed by atoms with Crippen LogP contribution in [0.4, 0.5) is 0 Å². The van der Waals surface area contributed by atoms with E-state index in [9.17, 15) is 9.59 Å². The van der Waals surface area contributed by atoms with Gasteiger partial charge in [-0.25, -0.2) is 0 Å². The molecule has 0 fully saturated rings. The SMILES string of the molecule is Cn1c(SCCN2C(=O)c3ccccc3C2=O)nnc1-c1ccc(Cl)cc1. The molecule has 2 heterocycles. The second kappa shape index (κ2) is 7.17. The molecule has 1 aliphatic heterocycles. The second-order valence-corrected chi connectivity index (χ2v) is 7.53. The van der Waals surface area contributed by atoms with Crippen LogP contribution < -0.4 is 0 Å². The summed E-state index contributed by atoms with van der Waals surface area (Å²) in [5.41, 5.74) is 1.86. The Hall–Kier alpha value is -2.64. The molecule has 3 aromatic rings. The largest absolute Gasteiger partial charge is 0.305 e. The van der Waals surface area contributed by atoms with E-state index in [0.29, 0.717) is 28.4 Å². The zero-order valence-electron chi connectivity index (χ0n) is 14.4. The van der Waals surface area contributed by atoms with Gasteiger partial charge in [0.1, 0.15) is 0 Å². The van der Waals surface area contributed by atoms with Crippen molar-refractivity contribution in [2.45, 2.75) is 5.16 Å². The van der Waals surface area contributed by atoms with Crippen molar-refractivity contribution in [1.29, 1.82) is 0 Å². The Morgan fingerprint density at radius 1 is 0.963 bits per heavy atom. The highest BCUT2D eigenvalue weighted by molar-refractivity contribution is 7.99. The number of carbonyl (C=O) groups excluding carboxylic acids is 2. The van der Waals surface area contributed by atoms with Crippen LogP contribution in [-0.4, -0.2) is 43.8 Å². The molecule has 0 spiro atoms. The summed E-state index contributed by atoms with van der Waals surface area (Å²) < 4.78 is 1.89. The second-order valence-electron chi connectivity index (χ2n) is 6.03. The lowest BCUT2D eigenvalue weighted by Gasteiger charge is -2.13. The first-order valence-electron chi connectivity index (χ1n) is 8.29. The molecule has 0 radical (unpaired) electrons. The molecule has 4 rings (SSSR count). The van der Waals surface area contributed by atoms with Gasteiger partial charge in [0.05, 0.1) is 11.1 Å². The quantitative estimate of drug-likeness (QED) is 0.486. The van der Waals surface area contributed by atoms with Crippen LogP contribution in [0, 0.1) is 0 Å². The molecule has 0 N–H and O–H groups in total. The predicted molar refractivity (Wildman–Crippen MR) is 104 cm³/mol. The van der Waals surface area contributed by atoms with Crippen molar-refractivity contribution < 1.29 is 9.59 Å². The van der Waals surface area contributed by atoms with Gasteiger partial charge in [-0.2, -0.15) is 0 Å². The molecule has 0 saturated heterocycles. The fraction of sp³-hybridized carbons (Fsp3) is 0.158. The van der Waals surface area contributed by atoms with E-state index in [0.717, 1.165) is 16.5 Å². The van der Waals surface area contributed by atoms with E-state index >= 15 is 0 Å². The number of nitrogens with zero attached hydrogens (tertiary/aromatic N) is 4. The van der Waals surface area contributed by atoms with E-state index in [4.69, 9.17) is 11.6 Å². The molecular weight excluding hydrogens is 384 g/mol. The minimum atomic E-state index is -0.240. The number of halogens is 1. The maximum Gasteiger partial charge on any atom is 0.261 e. The molecule has 1 aromatic heterocycles. The van der Waals surface area contributed by atoms with Crippen LogP contribution in [0.25, 0.3) is 11.4 Å². The van der Waals surface area contributed by atoms with Gasteiger partial charge in [0.15, 0.2) is 11.0 Å². The number of imide groups is 1. The van der Waals surface area contributed by atoms with Crippen molar-refractivity contribution >= 4 is 35.2 Å². The fourth-order valence-electron chi connectivity index (χ4n) is 2.96. The van der Waals surface area contributed by atoms with Crippen LogP contribution in [0.1, 0.15) is 20.7 Å². The molecule has 27 heavy (non-hydrogen) atoms. The maximum atomic E-state index is 12.4. The van der Waals surface area contributed by atoms with Crippen LogP contribution in [0.15, 0.2) is 53.7 Å². The average molecular weight is 399 g/mol. The van der Waals surface area contributed by atoms with Gasteiger partial charge in [-0.3, -0.25) is 14.5 Å². The number of carbonyl (C=O) groups is 2. The van der Waals surface area contributed by atoms with Crippen LogP contribution in [0.3, 0.4) is 0 Å². The molecular formula is C19H15ClN4O2S. The molecule has 136 valence electrons. The normalized spacial score (nSPS) is 13.3. The number of aromatic nitrogens is 3. The molecule has 0 saturated carbocycles. The van der Waals surface area contributed by atoms with Crippen molar-refractivity contribution in [3.05, 3.63) is 64.7 Å². The monoisotopic (exact) mass is 398 g/mol. The summed E-state index contributed by atoms with van der Waals surface area (Å²) in [5.74, 6) is 0.792. The third-order valence-electron chi connectivity index (χ3n) is 4.36. The third kappa shape index (κ3) is 3.24. The molecule has 0 aliphatic carbocycles. The Balaban J connectivity index is 1.43. The summed E-state index contributed by atoms with van der Waals surface area (Å²) in [4.78, 5) is 26.1. The minimum absolute atomic E-state index is 0.240. The van der Waals surface area contributed by atoms with E-state index < -0.39 is 0 Å². The maximum absolute atomic E-state index is 12.4. The smallest absolute Gasteiger partial charge is 0.261 e. The number of hydrogen-bond donors (Lipinski definition) is 0. The zero-order valence-corrected chi connectivity index (χ0v) is 16.0. The molecule has 8 heteroatoms. The predicted octanol–water partition coefficient (Wildman–Crippen LogP) is 3.52. The van der Waals surface area contributed by atoms with E-state index in [1.165, 1.54) is 16.7 Å². The zero-order chi connectivity index (χ0) is 19.0. The minimum Gasteiger partial charge on any atom is -0.305 e. The number of hydrogen-bond acceptors (Lipinski definition) is 5. The molecule has 0 unspecified atom stereocenters. The lowest BCUT2D eigenvalue weighted by molar-refractivity contribution is 0.0664. The van der Waals surface area contributed by atoms with Crippen LogP contribution in [0.2, 0.25) is 5.02 Å². The van der Waals surface area contributed by atoms with Gasteiger partial charge in [0, 0.05) is 29.9 Å². The summed E-state index contributed by atoms with van der Waals surface area (Å²) in [7, 11) is 1.88. The molecule has 2 amide bonds. The van der Waals surface area contributed by atoms with Gasteiger partial charge in [-0.05, 0) is 36.4 Å². The Bertz CT molecular complexity index is 997. The van der Waals surface area contributed by atoms with Crippen molar-refractivity contribution in [3.63, 3.8) is 0 Å². The number of rotatable bonds is 5. The Morgan fingerprint density at radius 2 is 1.59 bits per heavy atom. The summed E-state index contributed by atoms with van der Waals surface area (Å²) >= 11 is 7.38. The van der Waals surface area contributed by atoms with Gasteiger partial charge >= 0.3 is 0 Å². The Labute approximate surface area is 165 Å². The first kappa shape index (κ1) is 17.8. The van der Waals surface area contributed by atoms with Crippen LogP contribution in [-0.2, 0) is 7.05 Å². The Kier molecular flexibility index (Phi) is 4.72. The average Bonchev–Trinajstić information content (AvgIpc) is 3.16. The molecule has 0 atom stereocenters. The molecule has 6 nitrogen and oxygen atoms in total. The van der Waals surface area contributed by atoms with Gasteiger partial charge in [0.25, 0.3) is 11.8 Å². The summed E-state index contributed by atoms with van der Waals surface area (Å²) in [6.07, 6.45) is 0. The summed E-state index contributed by atoms with van der Waals surface area (Å²) in [5, 5.41) is 9.82. The van der Waals surface area contributed by atoms with Crippen molar-refractivity contribution in [1.82, 2.24) is 19.7 Å². The third-order valence-corrected chi connectivity index (χ3v) is 5.61. The van der Waals surface area contributed by atoms with Crippen LogP contribution in [0.5, 0.6) is 0 Å². The standard InChI is InChI=1S/C19H15ClN4O2S/c1-23-16(12-6-8-13(20)9-7-12)21-22-19(23)27-11-10-24-17(25)14-4-2-3-5-15(14)18(24)26/h2-9H,10-11H2,1H3. The number of fused-ring (bicyclic) bond motifs is 1.